The molecule has 6 nitrogen and oxygen atoms in total. The molecule has 1 aliphatic heterocycles. The third-order valence-corrected chi connectivity index (χ3v) is 5.77. The molecule has 1 aliphatic rings. The Morgan fingerprint density at radius 1 is 1.21 bits per heavy atom. The number of Topliss-reactive ketones (excluding diaryl/α,β-unsaturated/α-hetero) is 1. The van der Waals surface area contributed by atoms with Crippen LogP contribution in [0, 0.1) is 0 Å². The number of carbonyl (C=O) groups is 1. The summed E-state index contributed by atoms with van der Waals surface area (Å²) >= 11 is 3.42. The monoisotopic (exact) mass is 452 g/mol. The highest BCUT2D eigenvalue weighted by atomic mass is 79.9. The van der Waals surface area contributed by atoms with Crippen molar-refractivity contribution in [1.82, 2.24) is 14.5 Å². The number of rotatable bonds is 5. The van der Waals surface area contributed by atoms with Crippen LogP contribution in [0.25, 0.3) is 11.3 Å². The minimum absolute atomic E-state index is 0.00163. The van der Waals surface area contributed by atoms with Gasteiger partial charge in [0.15, 0.2) is 5.78 Å². The fourth-order valence-corrected chi connectivity index (χ4v) is 4.12. The number of benzene rings is 1. The van der Waals surface area contributed by atoms with Crippen LogP contribution >= 0.6 is 15.9 Å². The molecule has 0 bridgehead atoms. The third kappa shape index (κ3) is 4.00. The first-order valence-corrected chi connectivity index (χ1v) is 10.4. The normalized spacial score (nSPS) is 15.8. The summed E-state index contributed by atoms with van der Waals surface area (Å²) in [6.07, 6.45) is 5.04. The van der Waals surface area contributed by atoms with Crippen molar-refractivity contribution in [2.75, 3.05) is 11.4 Å². The topological polar surface area (TPSA) is 68.1 Å². The van der Waals surface area contributed by atoms with Gasteiger partial charge in [-0.05, 0) is 37.1 Å². The molecular formula is C22H21BrN4O2. The second-order valence-corrected chi connectivity index (χ2v) is 7.99. The smallest absolute Gasteiger partial charge is 0.255 e. The van der Waals surface area contributed by atoms with Gasteiger partial charge in [0, 0.05) is 46.6 Å². The van der Waals surface area contributed by atoms with Gasteiger partial charge < -0.3 is 4.90 Å². The molecule has 29 heavy (non-hydrogen) atoms. The maximum absolute atomic E-state index is 13.0. The molecule has 0 saturated carbocycles. The quantitative estimate of drug-likeness (QED) is 0.548. The lowest BCUT2D eigenvalue weighted by atomic mass is 10.0. The van der Waals surface area contributed by atoms with Crippen LogP contribution in [0.4, 0.5) is 5.95 Å². The van der Waals surface area contributed by atoms with Gasteiger partial charge >= 0.3 is 0 Å². The molecule has 0 spiro atoms. The number of pyridine rings is 1. The van der Waals surface area contributed by atoms with Gasteiger partial charge in [-0.3, -0.25) is 19.1 Å². The summed E-state index contributed by atoms with van der Waals surface area (Å²) in [6, 6.07) is 12.7. The van der Waals surface area contributed by atoms with E-state index in [1.807, 2.05) is 41.3 Å². The van der Waals surface area contributed by atoms with E-state index in [0.717, 1.165) is 22.9 Å². The van der Waals surface area contributed by atoms with E-state index >= 15 is 0 Å². The summed E-state index contributed by atoms with van der Waals surface area (Å²) in [7, 11) is 0. The first kappa shape index (κ1) is 19.5. The number of nitrogens with zero attached hydrogens (tertiary/aromatic N) is 4. The fourth-order valence-electron chi connectivity index (χ4n) is 3.72. The highest BCUT2D eigenvalue weighted by Crippen LogP contribution is 2.27. The van der Waals surface area contributed by atoms with E-state index in [1.165, 1.54) is 0 Å². The number of ketones is 1. The molecule has 1 aromatic carbocycles. The minimum atomic E-state index is -0.101. The number of halogens is 1. The Balaban J connectivity index is 1.75. The third-order valence-electron chi connectivity index (χ3n) is 5.28. The lowest BCUT2D eigenvalue weighted by molar-refractivity contribution is 0.0994. The van der Waals surface area contributed by atoms with Crippen molar-refractivity contribution in [3.8, 4) is 11.3 Å². The molecule has 0 fully saturated rings. The summed E-state index contributed by atoms with van der Waals surface area (Å²) < 4.78 is 2.54. The van der Waals surface area contributed by atoms with Crippen molar-refractivity contribution in [2.24, 2.45) is 0 Å². The molecule has 1 unspecified atom stereocenters. The molecule has 0 saturated heterocycles. The second-order valence-electron chi connectivity index (χ2n) is 7.08. The minimum Gasteiger partial charge on any atom is -0.331 e. The van der Waals surface area contributed by atoms with E-state index in [4.69, 9.17) is 4.98 Å². The second kappa shape index (κ2) is 8.29. The van der Waals surface area contributed by atoms with Crippen molar-refractivity contribution in [3.63, 3.8) is 0 Å². The van der Waals surface area contributed by atoms with Crippen molar-refractivity contribution in [1.29, 1.82) is 0 Å². The van der Waals surface area contributed by atoms with Crippen molar-refractivity contribution >= 4 is 27.7 Å². The van der Waals surface area contributed by atoms with E-state index in [0.29, 0.717) is 23.8 Å². The molecule has 2 aromatic heterocycles. The molecule has 0 N–H and O–H groups in total. The molecule has 3 heterocycles. The lowest BCUT2D eigenvalue weighted by Crippen LogP contribution is -2.47. The first-order chi connectivity index (χ1) is 14.1. The van der Waals surface area contributed by atoms with E-state index < -0.39 is 0 Å². The molecule has 0 radical (unpaired) electrons. The number of anilines is 1. The molecular weight excluding hydrogens is 432 g/mol. The number of aromatic nitrogens is 3. The summed E-state index contributed by atoms with van der Waals surface area (Å²) in [4.78, 5) is 36.6. The van der Waals surface area contributed by atoms with Crippen LogP contribution in [-0.2, 0) is 6.54 Å². The number of hydrogen-bond donors (Lipinski definition) is 0. The van der Waals surface area contributed by atoms with Crippen LogP contribution in [0.1, 0.15) is 30.1 Å². The number of fused-ring (bicyclic) bond motifs is 1. The van der Waals surface area contributed by atoms with Crippen LogP contribution in [-0.4, -0.2) is 32.9 Å². The van der Waals surface area contributed by atoms with Crippen LogP contribution in [0.15, 0.2) is 64.1 Å². The molecule has 7 heteroatoms. The van der Waals surface area contributed by atoms with E-state index in [9.17, 15) is 9.59 Å². The maximum Gasteiger partial charge on any atom is 0.255 e. The standard InChI is InChI=1S/C22H21BrN4O2/c1-2-18-8-11-26-21(29)13-19(15-6-9-24-10-7-15)25-22(26)27(18)14-20(28)16-4-3-5-17(23)12-16/h3-7,9-10,12-13,18H,2,8,11,14H2,1H3. The highest BCUT2D eigenvalue weighted by molar-refractivity contribution is 9.10. The molecule has 0 amide bonds. The molecule has 4 rings (SSSR count). The molecule has 148 valence electrons. The van der Waals surface area contributed by atoms with Crippen LogP contribution in [0.3, 0.4) is 0 Å². The van der Waals surface area contributed by atoms with E-state index in [1.54, 1.807) is 23.0 Å². The van der Waals surface area contributed by atoms with Gasteiger partial charge in [-0.15, -0.1) is 0 Å². The van der Waals surface area contributed by atoms with Crippen molar-refractivity contribution in [2.45, 2.75) is 32.4 Å². The Hall–Kier alpha value is -2.80. The van der Waals surface area contributed by atoms with Crippen LogP contribution < -0.4 is 10.5 Å². The van der Waals surface area contributed by atoms with Gasteiger partial charge in [-0.25, -0.2) is 4.98 Å². The van der Waals surface area contributed by atoms with Crippen LogP contribution in [0.5, 0.6) is 0 Å². The summed E-state index contributed by atoms with van der Waals surface area (Å²) in [5.41, 5.74) is 1.97. The number of carbonyl (C=O) groups excluding carboxylic acids is 1. The van der Waals surface area contributed by atoms with Gasteiger partial charge in [0.2, 0.25) is 5.95 Å². The summed E-state index contributed by atoms with van der Waals surface area (Å²) in [5, 5.41) is 0. The molecule has 1 atom stereocenters. The average molecular weight is 453 g/mol. The van der Waals surface area contributed by atoms with Gasteiger partial charge in [0.25, 0.3) is 5.56 Å². The van der Waals surface area contributed by atoms with Crippen LogP contribution in [0.2, 0.25) is 0 Å². The van der Waals surface area contributed by atoms with Gasteiger partial charge in [-0.1, -0.05) is 35.0 Å². The molecule has 3 aromatic rings. The zero-order valence-corrected chi connectivity index (χ0v) is 17.7. The first-order valence-electron chi connectivity index (χ1n) is 9.64. The Kier molecular flexibility index (Phi) is 5.58. The maximum atomic E-state index is 13.0. The van der Waals surface area contributed by atoms with Crippen molar-refractivity contribution in [3.05, 3.63) is 75.2 Å². The fraction of sp³-hybridized carbons (Fsp3) is 0.273. The largest absolute Gasteiger partial charge is 0.331 e. The summed E-state index contributed by atoms with van der Waals surface area (Å²) in [6.45, 7) is 2.89. The zero-order chi connectivity index (χ0) is 20.4. The predicted octanol–water partition coefficient (Wildman–Crippen LogP) is 3.94. The van der Waals surface area contributed by atoms with Crippen molar-refractivity contribution < 1.29 is 4.79 Å². The zero-order valence-electron chi connectivity index (χ0n) is 16.1. The average Bonchev–Trinajstić information content (AvgIpc) is 2.74. The SMILES string of the molecule is CCC1CCn2c(nc(-c3ccncc3)cc2=O)N1CC(=O)c1cccc(Br)c1. The molecule has 0 aliphatic carbocycles. The van der Waals surface area contributed by atoms with Gasteiger partial charge in [0.1, 0.15) is 0 Å². The Bertz CT molecular complexity index is 1100. The number of hydrogen-bond acceptors (Lipinski definition) is 5. The lowest BCUT2D eigenvalue weighted by Gasteiger charge is -2.37. The summed E-state index contributed by atoms with van der Waals surface area (Å²) in [5.74, 6) is 0.563. The van der Waals surface area contributed by atoms with E-state index in [2.05, 4.69) is 27.8 Å². The highest BCUT2D eigenvalue weighted by Gasteiger charge is 2.29. The Labute approximate surface area is 177 Å². The van der Waals surface area contributed by atoms with Gasteiger partial charge in [0.05, 0.1) is 12.2 Å². The van der Waals surface area contributed by atoms with E-state index in [-0.39, 0.29) is 23.9 Å². The Morgan fingerprint density at radius 3 is 2.72 bits per heavy atom. The van der Waals surface area contributed by atoms with Gasteiger partial charge in [-0.2, -0.15) is 0 Å². The predicted molar refractivity (Wildman–Crippen MR) is 116 cm³/mol. The Morgan fingerprint density at radius 2 is 2.00 bits per heavy atom.